The molecule has 0 bridgehead atoms. The van der Waals surface area contributed by atoms with E-state index in [-0.39, 0.29) is 6.04 Å². The molecule has 2 fully saturated rings. The fraction of sp³-hybridized carbons (Fsp3) is 0.412. The fourth-order valence-corrected chi connectivity index (χ4v) is 2.70. The first kappa shape index (κ1) is 16.2. The molecule has 1 saturated heterocycles. The van der Waals surface area contributed by atoms with Crippen molar-refractivity contribution in [3.05, 3.63) is 29.8 Å². The van der Waals surface area contributed by atoms with Crippen molar-refractivity contribution >= 4 is 29.4 Å². The maximum absolute atomic E-state index is 12.1. The van der Waals surface area contributed by atoms with Gasteiger partial charge < -0.3 is 5.32 Å². The SMILES string of the molecule is CCCc1ccc(NC(=O)CN2C(=O)C(=O)N(C3CC3)C2=O)cc1. The van der Waals surface area contributed by atoms with Gasteiger partial charge in [0.05, 0.1) is 0 Å². The smallest absolute Gasteiger partial charge is 0.325 e. The maximum Gasteiger partial charge on any atom is 0.334 e. The second-order valence-corrected chi connectivity index (χ2v) is 6.08. The van der Waals surface area contributed by atoms with Crippen LogP contribution in [0.2, 0.25) is 0 Å². The first-order valence-corrected chi connectivity index (χ1v) is 8.09. The molecule has 7 heteroatoms. The van der Waals surface area contributed by atoms with Gasteiger partial charge in [-0.1, -0.05) is 25.5 Å². The van der Waals surface area contributed by atoms with Gasteiger partial charge in [-0.2, -0.15) is 0 Å². The highest BCUT2D eigenvalue weighted by molar-refractivity contribution is 6.45. The topological polar surface area (TPSA) is 86.8 Å². The largest absolute Gasteiger partial charge is 0.334 e. The van der Waals surface area contributed by atoms with E-state index in [2.05, 4.69) is 12.2 Å². The number of carbonyl (C=O) groups is 4. The normalized spacial score (nSPS) is 17.6. The highest BCUT2D eigenvalue weighted by Gasteiger charge is 2.51. The van der Waals surface area contributed by atoms with Gasteiger partial charge in [-0.3, -0.25) is 19.3 Å². The summed E-state index contributed by atoms with van der Waals surface area (Å²) in [6, 6.07) is 6.51. The lowest BCUT2D eigenvalue weighted by Crippen LogP contribution is -2.39. The average Bonchev–Trinajstić information content (AvgIpc) is 3.35. The number of hydrogen-bond acceptors (Lipinski definition) is 4. The Kier molecular flexibility index (Phi) is 4.33. The van der Waals surface area contributed by atoms with Crippen LogP contribution < -0.4 is 5.32 Å². The molecule has 0 atom stereocenters. The molecule has 1 aliphatic heterocycles. The summed E-state index contributed by atoms with van der Waals surface area (Å²) in [4.78, 5) is 49.6. The number of imide groups is 2. The number of amides is 5. The van der Waals surface area contributed by atoms with Crippen LogP contribution in [0.3, 0.4) is 0 Å². The maximum atomic E-state index is 12.1. The number of rotatable bonds is 6. The first-order valence-electron chi connectivity index (χ1n) is 8.09. The number of nitrogens with one attached hydrogen (secondary N) is 1. The molecule has 0 radical (unpaired) electrons. The summed E-state index contributed by atoms with van der Waals surface area (Å²) in [5.74, 6) is -2.27. The minimum absolute atomic E-state index is 0.187. The van der Waals surface area contributed by atoms with Crippen LogP contribution in [0.5, 0.6) is 0 Å². The van der Waals surface area contributed by atoms with Crippen LogP contribution in [0.15, 0.2) is 24.3 Å². The van der Waals surface area contributed by atoms with Crippen molar-refractivity contribution in [2.45, 2.75) is 38.6 Å². The van der Waals surface area contributed by atoms with Gasteiger partial charge in [-0.15, -0.1) is 0 Å². The van der Waals surface area contributed by atoms with Gasteiger partial charge in [0.15, 0.2) is 0 Å². The zero-order valence-electron chi connectivity index (χ0n) is 13.4. The number of aryl methyl sites for hydroxylation is 1. The Labute approximate surface area is 139 Å². The van der Waals surface area contributed by atoms with Gasteiger partial charge in [0.2, 0.25) is 5.91 Å². The summed E-state index contributed by atoms with van der Waals surface area (Å²) >= 11 is 0. The van der Waals surface area contributed by atoms with E-state index in [1.807, 2.05) is 12.1 Å². The van der Waals surface area contributed by atoms with Crippen molar-refractivity contribution < 1.29 is 19.2 Å². The number of anilines is 1. The standard InChI is InChI=1S/C17H19N3O4/c1-2-3-11-4-6-12(7-5-11)18-14(21)10-19-15(22)16(23)20(17(19)24)13-8-9-13/h4-7,13H,2-3,8-10H2,1H3,(H,18,21). The second kappa shape index (κ2) is 6.43. The summed E-state index contributed by atoms with van der Waals surface area (Å²) in [5.41, 5.74) is 1.76. The Morgan fingerprint density at radius 1 is 1.12 bits per heavy atom. The molecular formula is C17H19N3O4. The van der Waals surface area contributed by atoms with E-state index in [9.17, 15) is 19.2 Å². The fourth-order valence-electron chi connectivity index (χ4n) is 2.70. The molecular weight excluding hydrogens is 310 g/mol. The second-order valence-electron chi connectivity index (χ2n) is 6.08. The average molecular weight is 329 g/mol. The molecule has 0 spiro atoms. The van der Waals surface area contributed by atoms with E-state index in [0.717, 1.165) is 30.6 Å². The quantitative estimate of drug-likeness (QED) is 0.633. The van der Waals surface area contributed by atoms with Crippen molar-refractivity contribution in [2.24, 2.45) is 0 Å². The van der Waals surface area contributed by atoms with Crippen molar-refractivity contribution in [3.8, 4) is 0 Å². The van der Waals surface area contributed by atoms with Crippen molar-refractivity contribution in [1.82, 2.24) is 9.80 Å². The lowest BCUT2D eigenvalue weighted by atomic mass is 10.1. The third-order valence-corrected chi connectivity index (χ3v) is 4.07. The van der Waals surface area contributed by atoms with Crippen LogP contribution in [0, 0.1) is 0 Å². The zero-order chi connectivity index (χ0) is 17.3. The van der Waals surface area contributed by atoms with Gasteiger partial charge >= 0.3 is 17.8 Å². The highest BCUT2D eigenvalue weighted by Crippen LogP contribution is 2.30. The van der Waals surface area contributed by atoms with Crippen LogP contribution >= 0.6 is 0 Å². The summed E-state index contributed by atoms with van der Waals surface area (Å²) in [7, 11) is 0. The molecule has 7 nitrogen and oxygen atoms in total. The molecule has 5 amide bonds. The molecule has 1 aromatic carbocycles. The molecule has 1 saturated carbocycles. The van der Waals surface area contributed by atoms with E-state index < -0.39 is 30.3 Å². The Morgan fingerprint density at radius 3 is 2.38 bits per heavy atom. The monoisotopic (exact) mass is 329 g/mol. The van der Waals surface area contributed by atoms with Gasteiger partial charge in [-0.05, 0) is 37.0 Å². The number of carbonyl (C=O) groups excluding carboxylic acids is 4. The summed E-state index contributed by atoms with van der Waals surface area (Å²) < 4.78 is 0. The predicted molar refractivity (Wildman–Crippen MR) is 86.0 cm³/mol. The summed E-state index contributed by atoms with van der Waals surface area (Å²) in [6.07, 6.45) is 3.43. The molecule has 1 aliphatic carbocycles. The molecule has 3 rings (SSSR count). The van der Waals surface area contributed by atoms with Crippen LogP contribution in [0.1, 0.15) is 31.7 Å². The van der Waals surface area contributed by atoms with E-state index >= 15 is 0 Å². The van der Waals surface area contributed by atoms with Gasteiger partial charge in [0.1, 0.15) is 6.54 Å². The molecule has 126 valence electrons. The van der Waals surface area contributed by atoms with Crippen LogP contribution in [0.25, 0.3) is 0 Å². The van der Waals surface area contributed by atoms with Crippen LogP contribution in [-0.4, -0.2) is 46.1 Å². The van der Waals surface area contributed by atoms with E-state index in [4.69, 9.17) is 0 Å². The third-order valence-electron chi connectivity index (χ3n) is 4.07. The van der Waals surface area contributed by atoms with Gasteiger partial charge in [-0.25, -0.2) is 9.69 Å². The summed E-state index contributed by atoms with van der Waals surface area (Å²) in [6.45, 7) is 1.63. The van der Waals surface area contributed by atoms with Gasteiger partial charge in [0.25, 0.3) is 0 Å². The van der Waals surface area contributed by atoms with E-state index in [0.29, 0.717) is 10.6 Å². The molecule has 0 unspecified atom stereocenters. The molecule has 1 N–H and O–H groups in total. The lowest BCUT2D eigenvalue weighted by molar-refractivity contribution is -0.143. The van der Waals surface area contributed by atoms with Crippen molar-refractivity contribution in [2.75, 3.05) is 11.9 Å². The third kappa shape index (κ3) is 3.15. The summed E-state index contributed by atoms with van der Waals surface area (Å²) in [5, 5.41) is 2.64. The number of benzene rings is 1. The highest BCUT2D eigenvalue weighted by atomic mass is 16.2. The Morgan fingerprint density at radius 2 is 1.79 bits per heavy atom. The minimum Gasteiger partial charge on any atom is -0.325 e. The molecule has 1 aromatic rings. The van der Waals surface area contributed by atoms with E-state index in [1.165, 1.54) is 5.56 Å². The van der Waals surface area contributed by atoms with E-state index in [1.54, 1.807) is 12.1 Å². The predicted octanol–water partition coefficient (Wildman–Crippen LogP) is 1.53. The number of hydrogen-bond donors (Lipinski definition) is 1. The Balaban J connectivity index is 1.61. The lowest BCUT2D eigenvalue weighted by Gasteiger charge is -2.14. The molecule has 24 heavy (non-hydrogen) atoms. The molecule has 1 heterocycles. The molecule has 0 aromatic heterocycles. The molecule has 2 aliphatic rings. The van der Waals surface area contributed by atoms with Crippen molar-refractivity contribution in [3.63, 3.8) is 0 Å². The Bertz CT molecular complexity index is 694. The number of urea groups is 1. The minimum atomic E-state index is -0.930. The van der Waals surface area contributed by atoms with Crippen LogP contribution in [-0.2, 0) is 20.8 Å². The van der Waals surface area contributed by atoms with Gasteiger partial charge in [0, 0.05) is 11.7 Å². The zero-order valence-corrected chi connectivity index (χ0v) is 13.4. The first-order chi connectivity index (χ1) is 11.5. The van der Waals surface area contributed by atoms with Crippen LogP contribution in [0.4, 0.5) is 10.5 Å². The van der Waals surface area contributed by atoms with Crippen molar-refractivity contribution in [1.29, 1.82) is 0 Å². The number of nitrogens with zero attached hydrogens (tertiary/aromatic N) is 2. The Hall–Kier alpha value is -2.70.